The number of rotatable bonds is 0. The van der Waals surface area contributed by atoms with Gasteiger partial charge in [0.25, 0.3) is 11.8 Å². The minimum Gasteiger partial charge on any atom is -0.348 e. The highest BCUT2D eigenvalue weighted by Crippen LogP contribution is 2.06. The van der Waals surface area contributed by atoms with Crippen molar-refractivity contribution in [3.05, 3.63) is 0 Å². The van der Waals surface area contributed by atoms with Crippen LogP contribution in [0.2, 0.25) is 0 Å². The second-order valence-corrected chi connectivity index (χ2v) is 2.68. The third kappa shape index (κ3) is 1.63. The summed E-state index contributed by atoms with van der Waals surface area (Å²) in [7, 11) is 0. The molecule has 0 saturated carbocycles. The molecule has 4 heteroatoms. The molecule has 0 aromatic heterocycles. The number of carbonyl (C=O) groups excluding carboxylic acids is 2. The van der Waals surface area contributed by atoms with Gasteiger partial charge < -0.3 is 5.32 Å². The van der Waals surface area contributed by atoms with Gasteiger partial charge in [-0.3, -0.25) is 9.59 Å². The lowest BCUT2D eigenvalue weighted by Crippen LogP contribution is -2.37. The third-order valence-electron chi connectivity index (χ3n) is 1.82. The molecule has 0 saturated heterocycles. The molecule has 0 fully saturated rings. The summed E-state index contributed by atoms with van der Waals surface area (Å²) < 4.78 is 0. The van der Waals surface area contributed by atoms with Crippen molar-refractivity contribution in [2.75, 3.05) is 0 Å². The first-order valence-corrected chi connectivity index (χ1v) is 3.49. The van der Waals surface area contributed by atoms with Gasteiger partial charge in [0.2, 0.25) is 0 Å². The van der Waals surface area contributed by atoms with Crippen LogP contribution in [-0.4, -0.2) is 24.1 Å². The molecule has 1 rings (SSSR count). The van der Waals surface area contributed by atoms with Gasteiger partial charge in [0.15, 0.2) is 0 Å². The predicted octanol–water partition coefficient (Wildman–Crippen LogP) is -0.262. The normalized spacial score (nSPS) is 31.5. The van der Waals surface area contributed by atoms with Gasteiger partial charge in [-0.1, -0.05) is 6.92 Å². The van der Waals surface area contributed by atoms with Crippen LogP contribution in [0.1, 0.15) is 13.8 Å². The topological polar surface area (TPSA) is 58.5 Å². The Balaban J connectivity index is 2.82. The smallest absolute Gasteiger partial charge is 0.262 e. The predicted molar refractivity (Wildman–Crippen MR) is 40.3 cm³/mol. The Morgan fingerprint density at radius 1 is 1.45 bits per heavy atom. The highest BCUT2D eigenvalue weighted by molar-refractivity contribution is 6.28. The zero-order valence-electron chi connectivity index (χ0n) is 6.50. The highest BCUT2D eigenvalue weighted by Gasteiger charge is 2.23. The zero-order valence-corrected chi connectivity index (χ0v) is 6.50. The summed E-state index contributed by atoms with van der Waals surface area (Å²) in [5, 5.41) is 2.61. The molecule has 1 aliphatic rings. The molecule has 0 spiro atoms. The van der Waals surface area contributed by atoms with Crippen molar-refractivity contribution >= 4 is 18.0 Å². The maximum absolute atomic E-state index is 11.0. The number of carbonyl (C=O) groups is 2. The first-order valence-electron chi connectivity index (χ1n) is 3.49. The quantitative estimate of drug-likeness (QED) is 0.522. The Morgan fingerprint density at radius 2 is 2.09 bits per heavy atom. The van der Waals surface area contributed by atoms with Gasteiger partial charge in [-0.2, -0.15) is 0 Å². The lowest BCUT2D eigenvalue weighted by atomic mass is 10.0. The van der Waals surface area contributed by atoms with Crippen molar-refractivity contribution in [3.8, 4) is 0 Å². The molecule has 0 radical (unpaired) electrons. The fraction of sp³-hybridized carbons (Fsp3) is 0.571. The number of hydrogen-bond acceptors (Lipinski definition) is 2. The Bertz CT molecular complexity index is 222. The molecule has 11 heavy (non-hydrogen) atoms. The first kappa shape index (κ1) is 7.91. The molecule has 4 nitrogen and oxygen atoms in total. The molecule has 0 aromatic rings. The van der Waals surface area contributed by atoms with Crippen LogP contribution in [0.5, 0.6) is 0 Å². The van der Waals surface area contributed by atoms with Gasteiger partial charge in [0, 0.05) is 6.04 Å². The van der Waals surface area contributed by atoms with E-state index in [1.54, 1.807) is 13.8 Å². The third-order valence-corrected chi connectivity index (χ3v) is 1.82. The summed E-state index contributed by atoms with van der Waals surface area (Å²) in [6, 6.07) is -0.127. The van der Waals surface area contributed by atoms with E-state index in [2.05, 4.69) is 10.3 Å². The maximum atomic E-state index is 11.0. The van der Waals surface area contributed by atoms with E-state index in [9.17, 15) is 9.59 Å². The number of nitrogens with zero attached hydrogens (tertiary/aromatic N) is 1. The molecule has 60 valence electrons. The molecule has 2 unspecified atom stereocenters. The lowest BCUT2D eigenvalue weighted by molar-refractivity contribution is -0.121. The molecule has 0 bridgehead atoms. The fourth-order valence-electron chi connectivity index (χ4n) is 0.840. The molecule has 1 N–H and O–H groups in total. The Morgan fingerprint density at radius 3 is 2.73 bits per heavy atom. The van der Waals surface area contributed by atoms with E-state index in [-0.39, 0.29) is 23.8 Å². The second-order valence-electron chi connectivity index (χ2n) is 2.68. The summed E-state index contributed by atoms with van der Waals surface area (Å²) in [6.45, 7) is 3.53. The van der Waals surface area contributed by atoms with Gasteiger partial charge in [0.05, 0.1) is 12.1 Å². The van der Waals surface area contributed by atoms with E-state index in [1.807, 2.05) is 0 Å². The summed E-state index contributed by atoms with van der Waals surface area (Å²) in [5.41, 5.74) is 0. The van der Waals surface area contributed by atoms with Crippen LogP contribution >= 0.6 is 0 Å². The molecule has 0 aliphatic carbocycles. The number of aliphatic imine (C=N–C) groups is 1. The zero-order chi connectivity index (χ0) is 8.43. The Kier molecular flexibility index (Phi) is 2.03. The monoisotopic (exact) mass is 154 g/mol. The van der Waals surface area contributed by atoms with E-state index in [0.29, 0.717) is 0 Å². The van der Waals surface area contributed by atoms with Crippen LogP contribution in [0.3, 0.4) is 0 Å². The minimum absolute atomic E-state index is 0.127. The fourth-order valence-corrected chi connectivity index (χ4v) is 0.840. The van der Waals surface area contributed by atoms with Gasteiger partial charge >= 0.3 is 0 Å². The van der Waals surface area contributed by atoms with Gasteiger partial charge in [-0.25, -0.2) is 4.99 Å². The average Bonchev–Trinajstić information content (AvgIpc) is 2.05. The summed E-state index contributed by atoms with van der Waals surface area (Å²) in [5.74, 6) is -0.760. The Labute approximate surface area is 64.7 Å². The van der Waals surface area contributed by atoms with E-state index in [1.165, 1.54) is 0 Å². The highest BCUT2D eigenvalue weighted by atomic mass is 16.2. The second kappa shape index (κ2) is 2.82. The van der Waals surface area contributed by atoms with E-state index >= 15 is 0 Å². The maximum Gasteiger partial charge on any atom is 0.262 e. The average molecular weight is 154 g/mol. The molecule has 2 amide bonds. The first-order chi connectivity index (χ1) is 5.11. The molecule has 2 atom stereocenters. The van der Waals surface area contributed by atoms with Crippen LogP contribution in [0.25, 0.3) is 0 Å². The van der Waals surface area contributed by atoms with Crippen LogP contribution < -0.4 is 5.32 Å². The van der Waals surface area contributed by atoms with Gasteiger partial charge in [-0.15, -0.1) is 0 Å². The van der Waals surface area contributed by atoms with Crippen molar-refractivity contribution in [1.82, 2.24) is 5.32 Å². The Hall–Kier alpha value is -1.19. The van der Waals surface area contributed by atoms with Gasteiger partial charge in [-0.05, 0) is 6.92 Å². The number of amides is 2. The molecular formula is C7H10N2O2. The van der Waals surface area contributed by atoms with Crippen molar-refractivity contribution in [3.63, 3.8) is 0 Å². The largest absolute Gasteiger partial charge is 0.348 e. The summed E-state index contributed by atoms with van der Waals surface area (Å²) >= 11 is 0. The van der Waals surface area contributed by atoms with Crippen LogP contribution in [-0.2, 0) is 9.59 Å². The molecule has 1 aliphatic heterocycles. The lowest BCUT2D eigenvalue weighted by Gasteiger charge is -2.13. The van der Waals surface area contributed by atoms with Crippen LogP contribution in [0.15, 0.2) is 4.99 Å². The van der Waals surface area contributed by atoms with Crippen molar-refractivity contribution < 1.29 is 9.59 Å². The summed E-state index contributed by atoms with van der Waals surface area (Å²) in [4.78, 5) is 25.2. The van der Waals surface area contributed by atoms with Gasteiger partial charge in [0.1, 0.15) is 0 Å². The molecule has 0 aromatic carbocycles. The number of hydrogen-bond donors (Lipinski definition) is 1. The number of nitrogens with one attached hydrogen (secondary N) is 1. The van der Waals surface area contributed by atoms with E-state index in [4.69, 9.17) is 0 Å². The van der Waals surface area contributed by atoms with Crippen LogP contribution in [0, 0.1) is 5.92 Å². The molecular weight excluding hydrogens is 144 g/mol. The molecule has 1 heterocycles. The van der Waals surface area contributed by atoms with Crippen molar-refractivity contribution in [1.29, 1.82) is 0 Å². The van der Waals surface area contributed by atoms with Crippen molar-refractivity contribution in [2.45, 2.75) is 19.9 Å². The van der Waals surface area contributed by atoms with Crippen molar-refractivity contribution in [2.24, 2.45) is 10.9 Å². The minimum atomic E-state index is -0.296. The standard InChI is InChI=1S/C7H10N2O2/c1-4-5(2)9-6(10)3-8-7(4)11/h3-5H,1-2H3,(H,9,10). The van der Waals surface area contributed by atoms with E-state index in [0.717, 1.165) is 6.21 Å². The van der Waals surface area contributed by atoms with E-state index < -0.39 is 0 Å². The SMILES string of the molecule is CC1NC(=O)C=NC(=O)C1C. The summed E-state index contributed by atoms with van der Waals surface area (Å²) in [6.07, 6.45) is 1.03. The van der Waals surface area contributed by atoms with Crippen LogP contribution in [0.4, 0.5) is 0 Å².